The molecule has 1 heterocycles. The highest BCUT2D eigenvalue weighted by atomic mass is 19.1. The first-order valence-electron chi connectivity index (χ1n) is 6.13. The summed E-state index contributed by atoms with van der Waals surface area (Å²) in [6, 6.07) is 3.72. The Hall–Kier alpha value is -2.17. The average Bonchev–Trinajstić information content (AvgIpc) is 2.77. The summed E-state index contributed by atoms with van der Waals surface area (Å²) in [5.74, 6) is -0.604. The molecule has 0 bridgehead atoms. The molecule has 0 aliphatic rings. The SMILES string of the molecule is CCCc1nccn1Cc1cc(F)ccc1C(=O)O. The monoisotopic (exact) mass is 262 g/mol. The van der Waals surface area contributed by atoms with Gasteiger partial charge in [0.05, 0.1) is 5.56 Å². The van der Waals surface area contributed by atoms with E-state index in [1.165, 1.54) is 12.1 Å². The molecule has 1 N–H and O–H groups in total. The van der Waals surface area contributed by atoms with Gasteiger partial charge in [-0.25, -0.2) is 14.2 Å². The molecule has 0 aliphatic carbocycles. The van der Waals surface area contributed by atoms with E-state index in [2.05, 4.69) is 4.98 Å². The van der Waals surface area contributed by atoms with Crippen LogP contribution in [0.5, 0.6) is 0 Å². The zero-order valence-corrected chi connectivity index (χ0v) is 10.6. The molecule has 2 rings (SSSR count). The Kier molecular flexibility index (Phi) is 3.94. The lowest BCUT2D eigenvalue weighted by Gasteiger charge is -2.10. The second kappa shape index (κ2) is 5.65. The fourth-order valence-corrected chi connectivity index (χ4v) is 2.02. The molecule has 2 aromatic rings. The number of benzene rings is 1. The molecule has 1 aromatic carbocycles. The molecule has 5 heteroatoms. The first-order valence-corrected chi connectivity index (χ1v) is 6.13. The van der Waals surface area contributed by atoms with E-state index in [9.17, 15) is 9.18 Å². The molecular weight excluding hydrogens is 247 g/mol. The average molecular weight is 262 g/mol. The fraction of sp³-hybridized carbons (Fsp3) is 0.286. The summed E-state index contributed by atoms with van der Waals surface area (Å²) in [7, 11) is 0. The molecule has 0 radical (unpaired) electrons. The number of hydrogen-bond acceptors (Lipinski definition) is 2. The van der Waals surface area contributed by atoms with Gasteiger partial charge in [-0.1, -0.05) is 6.92 Å². The van der Waals surface area contributed by atoms with Gasteiger partial charge in [0.15, 0.2) is 0 Å². The first-order chi connectivity index (χ1) is 9.11. The van der Waals surface area contributed by atoms with Crippen LogP contribution in [-0.4, -0.2) is 20.6 Å². The molecule has 0 spiro atoms. The van der Waals surface area contributed by atoms with Crippen LogP contribution in [0, 0.1) is 5.82 Å². The number of hydrogen-bond donors (Lipinski definition) is 1. The third-order valence-corrected chi connectivity index (χ3v) is 2.91. The van der Waals surface area contributed by atoms with Gasteiger partial charge in [-0.05, 0) is 30.2 Å². The van der Waals surface area contributed by atoms with Crippen molar-refractivity contribution in [1.29, 1.82) is 0 Å². The maximum Gasteiger partial charge on any atom is 0.336 e. The maximum atomic E-state index is 13.3. The summed E-state index contributed by atoms with van der Waals surface area (Å²) >= 11 is 0. The van der Waals surface area contributed by atoms with Gasteiger partial charge < -0.3 is 9.67 Å². The zero-order valence-electron chi connectivity index (χ0n) is 10.6. The molecule has 0 unspecified atom stereocenters. The van der Waals surface area contributed by atoms with Crippen LogP contribution in [0.25, 0.3) is 0 Å². The van der Waals surface area contributed by atoms with Crippen molar-refractivity contribution in [1.82, 2.24) is 9.55 Å². The first kappa shape index (κ1) is 13.3. The van der Waals surface area contributed by atoms with Gasteiger partial charge >= 0.3 is 5.97 Å². The Morgan fingerprint density at radius 1 is 1.47 bits per heavy atom. The minimum absolute atomic E-state index is 0.123. The van der Waals surface area contributed by atoms with Gasteiger partial charge in [0.2, 0.25) is 0 Å². The molecule has 0 aliphatic heterocycles. The highest BCUT2D eigenvalue weighted by Gasteiger charge is 2.12. The third kappa shape index (κ3) is 2.99. The highest BCUT2D eigenvalue weighted by molar-refractivity contribution is 5.89. The van der Waals surface area contributed by atoms with E-state index < -0.39 is 11.8 Å². The minimum atomic E-state index is -1.05. The number of nitrogens with zero attached hydrogens (tertiary/aromatic N) is 2. The Morgan fingerprint density at radius 2 is 2.26 bits per heavy atom. The molecule has 100 valence electrons. The van der Waals surface area contributed by atoms with Crippen molar-refractivity contribution in [2.75, 3.05) is 0 Å². The smallest absolute Gasteiger partial charge is 0.336 e. The molecular formula is C14H15FN2O2. The van der Waals surface area contributed by atoms with Crippen LogP contribution in [0.1, 0.15) is 35.1 Å². The predicted octanol–water partition coefficient (Wildman–Crippen LogP) is 2.72. The normalized spacial score (nSPS) is 10.6. The standard InChI is InChI=1S/C14H15FN2O2/c1-2-3-13-16-6-7-17(13)9-10-8-11(15)4-5-12(10)14(18)19/h4-8H,2-3,9H2,1H3,(H,18,19). The number of carbonyl (C=O) groups is 1. The van der Waals surface area contributed by atoms with Crippen molar-refractivity contribution in [3.8, 4) is 0 Å². The molecule has 0 amide bonds. The zero-order chi connectivity index (χ0) is 13.8. The number of carboxylic acid groups (broad SMARTS) is 1. The number of carboxylic acids is 1. The van der Waals surface area contributed by atoms with Gasteiger partial charge in [0.25, 0.3) is 0 Å². The number of aryl methyl sites for hydroxylation is 1. The van der Waals surface area contributed by atoms with Crippen LogP contribution < -0.4 is 0 Å². The Morgan fingerprint density at radius 3 is 2.95 bits per heavy atom. The number of rotatable bonds is 5. The fourth-order valence-electron chi connectivity index (χ4n) is 2.02. The Balaban J connectivity index is 2.34. The van der Waals surface area contributed by atoms with Gasteiger partial charge in [-0.3, -0.25) is 0 Å². The van der Waals surface area contributed by atoms with Crippen LogP contribution in [0.2, 0.25) is 0 Å². The van der Waals surface area contributed by atoms with Crippen LogP contribution in [0.4, 0.5) is 4.39 Å². The second-order valence-electron chi connectivity index (χ2n) is 4.33. The molecule has 0 fully saturated rings. The van der Waals surface area contributed by atoms with Gasteiger partial charge in [-0.15, -0.1) is 0 Å². The van der Waals surface area contributed by atoms with Crippen LogP contribution in [0.15, 0.2) is 30.6 Å². The van der Waals surface area contributed by atoms with E-state index in [1.54, 1.807) is 12.4 Å². The highest BCUT2D eigenvalue weighted by Crippen LogP contribution is 2.14. The summed E-state index contributed by atoms with van der Waals surface area (Å²) in [5.41, 5.74) is 0.570. The lowest BCUT2D eigenvalue weighted by atomic mass is 10.1. The number of aromatic carboxylic acids is 1. The minimum Gasteiger partial charge on any atom is -0.478 e. The molecule has 1 aromatic heterocycles. The summed E-state index contributed by atoms with van der Waals surface area (Å²) in [4.78, 5) is 15.3. The summed E-state index contributed by atoms with van der Waals surface area (Å²) in [6.45, 7) is 2.36. The van der Waals surface area contributed by atoms with E-state index in [1.807, 2.05) is 11.5 Å². The summed E-state index contributed by atoms with van der Waals surface area (Å²) in [6.07, 6.45) is 5.21. The molecule has 0 saturated heterocycles. The van der Waals surface area contributed by atoms with Gasteiger partial charge in [0.1, 0.15) is 11.6 Å². The van der Waals surface area contributed by atoms with Crippen LogP contribution in [-0.2, 0) is 13.0 Å². The van der Waals surface area contributed by atoms with E-state index in [4.69, 9.17) is 5.11 Å². The van der Waals surface area contributed by atoms with Crippen molar-refractivity contribution < 1.29 is 14.3 Å². The van der Waals surface area contributed by atoms with Crippen molar-refractivity contribution >= 4 is 5.97 Å². The Bertz CT molecular complexity index is 593. The largest absolute Gasteiger partial charge is 0.478 e. The van der Waals surface area contributed by atoms with Crippen LogP contribution in [0.3, 0.4) is 0 Å². The lowest BCUT2D eigenvalue weighted by molar-refractivity contribution is 0.0695. The summed E-state index contributed by atoms with van der Waals surface area (Å²) in [5, 5.41) is 9.11. The topological polar surface area (TPSA) is 55.1 Å². The van der Waals surface area contributed by atoms with E-state index in [0.29, 0.717) is 12.1 Å². The molecule has 0 saturated carbocycles. The van der Waals surface area contributed by atoms with E-state index >= 15 is 0 Å². The molecule has 4 nitrogen and oxygen atoms in total. The number of imidazole rings is 1. The van der Waals surface area contributed by atoms with E-state index in [0.717, 1.165) is 24.7 Å². The number of aromatic nitrogens is 2. The van der Waals surface area contributed by atoms with Crippen molar-refractivity contribution in [2.24, 2.45) is 0 Å². The van der Waals surface area contributed by atoms with E-state index in [-0.39, 0.29) is 5.56 Å². The van der Waals surface area contributed by atoms with Crippen molar-refractivity contribution in [2.45, 2.75) is 26.3 Å². The maximum absolute atomic E-state index is 13.3. The predicted molar refractivity (Wildman–Crippen MR) is 68.7 cm³/mol. The summed E-state index contributed by atoms with van der Waals surface area (Å²) < 4.78 is 15.1. The molecule has 0 atom stereocenters. The lowest BCUT2D eigenvalue weighted by Crippen LogP contribution is -2.09. The number of halogens is 1. The third-order valence-electron chi connectivity index (χ3n) is 2.91. The van der Waals surface area contributed by atoms with Crippen molar-refractivity contribution in [3.63, 3.8) is 0 Å². The Labute approximate surface area is 110 Å². The van der Waals surface area contributed by atoms with Crippen LogP contribution >= 0.6 is 0 Å². The second-order valence-corrected chi connectivity index (χ2v) is 4.33. The van der Waals surface area contributed by atoms with Crippen molar-refractivity contribution in [3.05, 3.63) is 53.4 Å². The van der Waals surface area contributed by atoms with Gasteiger partial charge in [-0.2, -0.15) is 0 Å². The van der Waals surface area contributed by atoms with Gasteiger partial charge in [0, 0.05) is 25.4 Å². The molecule has 19 heavy (non-hydrogen) atoms. The quantitative estimate of drug-likeness (QED) is 0.901.